The minimum Gasteiger partial charge on any atom is -0.479 e. The van der Waals surface area contributed by atoms with Gasteiger partial charge in [-0.15, -0.1) is 0 Å². The molecule has 4 N–H and O–H groups in total. The molecule has 0 aliphatic carbocycles. The van der Waals surface area contributed by atoms with Crippen LogP contribution in [0, 0.1) is 0 Å². The van der Waals surface area contributed by atoms with E-state index in [0.717, 1.165) is 6.26 Å². The maximum atomic E-state index is 11.5. The number of anilines is 1. The number of urea groups is 1. The molecular formula is C12H16N2O6S. The number of amides is 2. The van der Waals surface area contributed by atoms with E-state index >= 15 is 0 Å². The van der Waals surface area contributed by atoms with Gasteiger partial charge in [0.15, 0.2) is 15.9 Å². The second-order valence-corrected chi connectivity index (χ2v) is 6.34. The van der Waals surface area contributed by atoms with Gasteiger partial charge in [-0.25, -0.2) is 18.0 Å². The first kappa shape index (κ1) is 16.9. The number of nitrogens with one attached hydrogen (secondary N) is 2. The molecule has 1 aromatic carbocycles. The number of rotatable bonds is 6. The Labute approximate surface area is 121 Å². The summed E-state index contributed by atoms with van der Waals surface area (Å²) in [5, 5.41) is 22.3. The van der Waals surface area contributed by atoms with Crippen LogP contribution in [0.15, 0.2) is 29.2 Å². The third-order valence-electron chi connectivity index (χ3n) is 2.53. The van der Waals surface area contributed by atoms with Gasteiger partial charge in [0.2, 0.25) is 0 Å². The minimum atomic E-state index is -3.29. The summed E-state index contributed by atoms with van der Waals surface area (Å²) in [7, 11) is -3.29. The lowest BCUT2D eigenvalue weighted by molar-refractivity contribution is -0.146. The van der Waals surface area contributed by atoms with Crippen LogP contribution in [0.4, 0.5) is 10.5 Å². The Bertz CT molecular complexity index is 611. The Morgan fingerprint density at radius 2 is 1.81 bits per heavy atom. The highest BCUT2D eigenvalue weighted by molar-refractivity contribution is 7.90. The van der Waals surface area contributed by atoms with Gasteiger partial charge in [0.05, 0.1) is 4.90 Å². The molecule has 0 radical (unpaired) electrons. The fourth-order valence-electron chi connectivity index (χ4n) is 1.41. The van der Waals surface area contributed by atoms with Crippen molar-refractivity contribution in [2.45, 2.75) is 17.4 Å². The maximum absolute atomic E-state index is 11.5. The van der Waals surface area contributed by atoms with Gasteiger partial charge >= 0.3 is 12.0 Å². The minimum absolute atomic E-state index is 0.0132. The van der Waals surface area contributed by atoms with Crippen LogP contribution in [0.1, 0.15) is 6.42 Å². The Balaban J connectivity index is 2.47. The number of sulfone groups is 1. The first-order valence-corrected chi connectivity index (χ1v) is 7.85. The van der Waals surface area contributed by atoms with Crippen molar-refractivity contribution in [2.75, 3.05) is 18.1 Å². The van der Waals surface area contributed by atoms with E-state index in [-0.39, 0.29) is 17.9 Å². The fourth-order valence-corrected chi connectivity index (χ4v) is 2.04. The molecular weight excluding hydrogens is 300 g/mol. The average molecular weight is 316 g/mol. The van der Waals surface area contributed by atoms with E-state index < -0.39 is 27.9 Å². The molecule has 0 unspecified atom stereocenters. The third kappa shape index (κ3) is 5.79. The second kappa shape index (κ2) is 7.04. The maximum Gasteiger partial charge on any atom is 0.332 e. The third-order valence-corrected chi connectivity index (χ3v) is 3.66. The highest BCUT2D eigenvalue weighted by atomic mass is 32.2. The predicted molar refractivity (Wildman–Crippen MR) is 74.8 cm³/mol. The van der Waals surface area contributed by atoms with Crippen molar-refractivity contribution in [1.29, 1.82) is 0 Å². The molecule has 8 nitrogen and oxygen atoms in total. The summed E-state index contributed by atoms with van der Waals surface area (Å²) in [5.74, 6) is -1.35. The molecule has 0 bridgehead atoms. The zero-order chi connectivity index (χ0) is 16.0. The van der Waals surface area contributed by atoms with Crippen molar-refractivity contribution in [2.24, 2.45) is 0 Å². The molecule has 21 heavy (non-hydrogen) atoms. The molecule has 0 heterocycles. The summed E-state index contributed by atoms with van der Waals surface area (Å²) in [6.45, 7) is -0.0132. The molecule has 116 valence electrons. The zero-order valence-electron chi connectivity index (χ0n) is 11.2. The van der Waals surface area contributed by atoms with Crippen LogP contribution in [0.3, 0.4) is 0 Å². The van der Waals surface area contributed by atoms with Crippen molar-refractivity contribution < 1.29 is 28.2 Å². The number of benzene rings is 1. The first-order chi connectivity index (χ1) is 9.70. The molecule has 0 aliphatic rings. The Morgan fingerprint density at radius 3 is 2.29 bits per heavy atom. The molecule has 1 rings (SSSR count). The van der Waals surface area contributed by atoms with Crippen molar-refractivity contribution in [3.8, 4) is 0 Å². The lowest BCUT2D eigenvalue weighted by Gasteiger charge is -2.09. The predicted octanol–water partition coefficient (Wildman–Crippen LogP) is 0.0472. The molecule has 9 heteroatoms. The van der Waals surface area contributed by atoms with E-state index in [9.17, 15) is 18.0 Å². The van der Waals surface area contributed by atoms with Crippen molar-refractivity contribution in [1.82, 2.24) is 5.32 Å². The van der Waals surface area contributed by atoms with E-state index in [2.05, 4.69) is 10.6 Å². The van der Waals surface area contributed by atoms with Crippen LogP contribution in [0.5, 0.6) is 0 Å². The molecule has 0 saturated carbocycles. The normalized spacial score (nSPS) is 12.5. The van der Waals surface area contributed by atoms with E-state index in [1.807, 2.05) is 0 Å². The molecule has 0 spiro atoms. The lowest BCUT2D eigenvalue weighted by atomic mass is 10.2. The van der Waals surface area contributed by atoms with E-state index in [1.54, 1.807) is 0 Å². The van der Waals surface area contributed by atoms with E-state index in [0.29, 0.717) is 5.69 Å². The lowest BCUT2D eigenvalue weighted by Crippen LogP contribution is -2.33. The van der Waals surface area contributed by atoms with E-state index in [1.165, 1.54) is 24.3 Å². The summed E-state index contributed by atoms with van der Waals surface area (Å²) in [6, 6.07) is 5.00. The standard InChI is InChI=1S/C12H16N2O6S/c1-21(19,20)9-4-2-8(3-5-9)14-12(18)13-7-6-10(15)11(16)17/h2-5,10,15H,6-7H2,1H3,(H,16,17)(H2,13,14,18)/t10-/m0/s1. The summed E-state index contributed by atoms with van der Waals surface area (Å²) < 4.78 is 22.5. The van der Waals surface area contributed by atoms with Gasteiger partial charge in [-0.3, -0.25) is 0 Å². The first-order valence-electron chi connectivity index (χ1n) is 5.96. The van der Waals surface area contributed by atoms with Crippen molar-refractivity contribution in [3.05, 3.63) is 24.3 Å². The Morgan fingerprint density at radius 1 is 1.24 bits per heavy atom. The number of hydrogen-bond acceptors (Lipinski definition) is 5. The molecule has 0 aromatic heterocycles. The molecule has 1 atom stereocenters. The molecule has 0 saturated heterocycles. The van der Waals surface area contributed by atoms with Gasteiger partial charge in [-0.2, -0.15) is 0 Å². The number of aliphatic hydroxyl groups is 1. The van der Waals surface area contributed by atoms with Gasteiger partial charge < -0.3 is 20.8 Å². The van der Waals surface area contributed by atoms with E-state index in [4.69, 9.17) is 10.2 Å². The second-order valence-electron chi connectivity index (χ2n) is 4.32. The van der Waals surface area contributed by atoms with Crippen LogP contribution < -0.4 is 10.6 Å². The highest BCUT2D eigenvalue weighted by Crippen LogP contribution is 2.13. The van der Waals surface area contributed by atoms with Crippen LogP contribution in [-0.2, 0) is 14.6 Å². The number of aliphatic hydroxyl groups excluding tert-OH is 1. The summed E-state index contributed by atoms with van der Waals surface area (Å²) >= 11 is 0. The van der Waals surface area contributed by atoms with Crippen molar-refractivity contribution >= 4 is 27.5 Å². The Hall–Kier alpha value is -2.13. The number of carboxylic acids is 1. The number of carbonyl (C=O) groups is 2. The average Bonchev–Trinajstić information content (AvgIpc) is 2.38. The topological polar surface area (TPSA) is 133 Å². The highest BCUT2D eigenvalue weighted by Gasteiger charge is 2.13. The van der Waals surface area contributed by atoms with Crippen LogP contribution >= 0.6 is 0 Å². The summed E-state index contributed by atoms with van der Waals surface area (Å²) in [5.41, 5.74) is 0.388. The molecule has 2 amide bonds. The SMILES string of the molecule is CS(=O)(=O)c1ccc(NC(=O)NCC[C@H](O)C(=O)O)cc1. The molecule has 0 aliphatic heterocycles. The van der Waals surface area contributed by atoms with Crippen LogP contribution in [0.25, 0.3) is 0 Å². The zero-order valence-corrected chi connectivity index (χ0v) is 12.1. The van der Waals surface area contributed by atoms with Gasteiger partial charge in [-0.1, -0.05) is 0 Å². The van der Waals surface area contributed by atoms with Crippen molar-refractivity contribution in [3.63, 3.8) is 0 Å². The summed E-state index contributed by atoms with van der Waals surface area (Å²) in [6.07, 6.45) is -0.564. The number of hydrogen-bond donors (Lipinski definition) is 4. The number of carbonyl (C=O) groups excluding carboxylic acids is 1. The summed E-state index contributed by atoms with van der Waals surface area (Å²) in [4.78, 5) is 22.0. The number of carboxylic acid groups (broad SMARTS) is 1. The van der Waals surface area contributed by atoms with Crippen LogP contribution in [-0.4, -0.2) is 49.5 Å². The fraction of sp³-hybridized carbons (Fsp3) is 0.333. The van der Waals surface area contributed by atoms with Crippen LogP contribution in [0.2, 0.25) is 0 Å². The van der Waals surface area contributed by atoms with Gasteiger partial charge in [0.25, 0.3) is 0 Å². The quantitative estimate of drug-likeness (QED) is 0.586. The van der Waals surface area contributed by atoms with Gasteiger partial charge in [-0.05, 0) is 24.3 Å². The Kier molecular flexibility index (Phi) is 5.68. The smallest absolute Gasteiger partial charge is 0.332 e. The molecule has 1 aromatic rings. The van der Waals surface area contributed by atoms with Gasteiger partial charge in [0, 0.05) is 24.9 Å². The monoisotopic (exact) mass is 316 g/mol. The van der Waals surface area contributed by atoms with Gasteiger partial charge in [0.1, 0.15) is 0 Å². The molecule has 0 fully saturated rings. The number of aliphatic carboxylic acids is 1. The largest absolute Gasteiger partial charge is 0.479 e.